The summed E-state index contributed by atoms with van der Waals surface area (Å²) in [7, 11) is 0. The van der Waals surface area contributed by atoms with Crippen LogP contribution in [0.5, 0.6) is 0 Å². The third kappa shape index (κ3) is 9.63. The molecule has 12 heteroatoms. The van der Waals surface area contributed by atoms with Crippen LogP contribution in [0.4, 0.5) is 4.79 Å². The van der Waals surface area contributed by atoms with Crippen LogP contribution in [-0.2, 0) is 19.2 Å². The highest BCUT2D eigenvalue weighted by Gasteiger charge is 2.23. The van der Waals surface area contributed by atoms with Crippen molar-refractivity contribution in [2.24, 2.45) is 5.73 Å². The van der Waals surface area contributed by atoms with Crippen molar-refractivity contribution in [1.82, 2.24) is 16.0 Å². The Labute approximate surface area is 145 Å². The fourth-order valence-corrected chi connectivity index (χ4v) is 1.97. The molecular weight excluding hydrogens is 344 g/mol. The fourth-order valence-electron chi connectivity index (χ4n) is 1.34. The molecule has 0 radical (unpaired) electrons. The zero-order valence-electron chi connectivity index (χ0n) is 15.4. The number of hydrogen-bond donors (Lipinski definition) is 6. The van der Waals surface area contributed by atoms with E-state index in [0.29, 0.717) is 11.8 Å². The van der Waals surface area contributed by atoms with E-state index in [0.717, 1.165) is 0 Å². The number of thioether (sulfide) groups is 1. The first-order valence-corrected chi connectivity index (χ1v) is 7.52. The number of carbonyl (C=O) groups excluding carboxylic acids is 3. The Bertz CT molecular complexity index is 588. The Morgan fingerprint density at radius 1 is 1.25 bits per heavy atom. The largest absolute Gasteiger partial charge is 0.480 e. The fraction of sp³-hybridized carbons (Fsp3) is 0.583. The number of carboxylic acid groups (broad SMARTS) is 2. The number of nitrogens with two attached hydrogens (primary N) is 1. The third-order valence-corrected chi connectivity index (χ3v) is 3.41. The molecule has 0 aliphatic carbocycles. The summed E-state index contributed by atoms with van der Waals surface area (Å²) in [4.78, 5) is 56.4. The maximum Gasteiger partial charge on any atom is 0.322 e. The average molecular weight is 367 g/mol. The normalized spacial score (nSPS) is 15.0. The molecule has 136 valence electrons. The summed E-state index contributed by atoms with van der Waals surface area (Å²) in [6.45, 7) is -3.47. The minimum absolute atomic E-state index is 0.211. The Morgan fingerprint density at radius 3 is 2.46 bits per heavy atom. The highest BCUT2D eigenvalue weighted by atomic mass is 32.2. The molecule has 0 aromatic rings. The summed E-state index contributed by atoms with van der Waals surface area (Å²) in [5.41, 5.74) is 5.26. The number of carbonyl (C=O) groups is 5. The van der Waals surface area contributed by atoms with Crippen molar-refractivity contribution in [2.45, 2.75) is 24.9 Å². The van der Waals surface area contributed by atoms with Crippen LogP contribution in [0.1, 0.15) is 17.0 Å². The molecule has 0 aromatic carbocycles. The molecule has 0 bridgehead atoms. The summed E-state index contributed by atoms with van der Waals surface area (Å²) in [5.74, 6) is -4.70. The average Bonchev–Trinajstić information content (AvgIpc) is 2.52. The molecular formula is C12H20N4O7S. The van der Waals surface area contributed by atoms with Gasteiger partial charge in [0.2, 0.25) is 11.8 Å². The zero-order chi connectivity index (χ0) is 21.2. The number of aliphatic carboxylic acids is 2. The molecule has 11 nitrogen and oxygen atoms in total. The van der Waals surface area contributed by atoms with E-state index >= 15 is 0 Å². The van der Waals surface area contributed by atoms with Gasteiger partial charge in [-0.1, -0.05) is 11.8 Å². The van der Waals surface area contributed by atoms with Gasteiger partial charge in [-0.2, -0.15) is 0 Å². The molecule has 0 saturated carbocycles. The summed E-state index contributed by atoms with van der Waals surface area (Å²) < 4.78 is 20.7. The van der Waals surface area contributed by atoms with Gasteiger partial charge in [0.05, 0.1) is 0 Å². The lowest BCUT2D eigenvalue weighted by molar-refractivity contribution is -0.139. The van der Waals surface area contributed by atoms with E-state index in [1.54, 1.807) is 5.32 Å². The molecule has 0 fully saturated rings. The number of hydrogen-bond acceptors (Lipinski definition) is 7. The molecule has 0 unspecified atom stereocenters. The summed E-state index contributed by atoms with van der Waals surface area (Å²) in [6, 6.07) is -2.64. The number of carboxylic acids is 2. The second kappa shape index (κ2) is 11.2. The van der Waals surface area contributed by atoms with Gasteiger partial charge in [0.15, 0.2) is 0 Å². The zero-order valence-corrected chi connectivity index (χ0v) is 13.2. The van der Waals surface area contributed by atoms with Crippen molar-refractivity contribution in [2.75, 3.05) is 19.3 Å². The second-order valence-electron chi connectivity index (χ2n) is 4.44. The molecule has 0 aliphatic rings. The first kappa shape index (κ1) is 16.5. The van der Waals surface area contributed by atoms with Gasteiger partial charge in [-0.25, -0.2) is 0 Å². The van der Waals surface area contributed by atoms with Crippen molar-refractivity contribution in [3.8, 4) is 0 Å². The molecule has 0 rings (SSSR count). The molecule has 0 spiro atoms. The van der Waals surface area contributed by atoms with E-state index in [1.165, 1.54) is 0 Å². The summed E-state index contributed by atoms with van der Waals surface area (Å²) >= 11 is 0.393. The van der Waals surface area contributed by atoms with Crippen molar-refractivity contribution in [1.29, 1.82) is 0 Å². The van der Waals surface area contributed by atoms with Crippen LogP contribution in [0.15, 0.2) is 0 Å². The van der Waals surface area contributed by atoms with Gasteiger partial charge in [-0.3, -0.25) is 24.0 Å². The smallest absolute Gasteiger partial charge is 0.322 e. The maximum absolute atomic E-state index is 12.0. The third-order valence-electron chi connectivity index (χ3n) is 2.55. The second-order valence-corrected chi connectivity index (χ2v) is 5.43. The van der Waals surface area contributed by atoms with Crippen LogP contribution < -0.4 is 21.7 Å². The topological polar surface area (TPSA) is 188 Å². The van der Waals surface area contributed by atoms with Gasteiger partial charge < -0.3 is 31.9 Å². The Morgan fingerprint density at radius 2 is 1.92 bits per heavy atom. The first-order valence-electron chi connectivity index (χ1n) is 8.04. The first-order chi connectivity index (χ1) is 12.3. The SMILES string of the molecule is [2H]C([2H])([2H])NC(=O)SC[C@H](NC(=O)CC[C@H](N)C(=O)O)C(=O)NCC(=O)O. The Balaban J connectivity index is 4.79. The monoisotopic (exact) mass is 367 g/mol. The lowest BCUT2D eigenvalue weighted by atomic mass is 10.1. The highest BCUT2D eigenvalue weighted by Crippen LogP contribution is 2.05. The van der Waals surface area contributed by atoms with E-state index in [-0.39, 0.29) is 18.6 Å². The van der Waals surface area contributed by atoms with Crippen LogP contribution in [0, 0.1) is 0 Å². The van der Waals surface area contributed by atoms with Crippen LogP contribution in [0.25, 0.3) is 0 Å². The standard InChI is InChI=1S/C12H20N4O7S/c1-14-12(23)24-5-7(10(20)15-4-9(18)19)16-8(17)3-2-6(13)11(21)22/h6-7H,2-5,13H2,1H3,(H,14,23)(H,15,20)(H,16,17)(H,18,19)(H,21,22)/t6-,7-/m0/s1/i1D3. The number of nitrogens with one attached hydrogen (secondary N) is 3. The van der Waals surface area contributed by atoms with Gasteiger partial charge >= 0.3 is 11.9 Å². The van der Waals surface area contributed by atoms with Crippen LogP contribution in [0.3, 0.4) is 0 Å². The molecule has 24 heavy (non-hydrogen) atoms. The summed E-state index contributed by atoms with van der Waals surface area (Å²) in [6.07, 6.45) is -0.542. The minimum Gasteiger partial charge on any atom is -0.480 e. The van der Waals surface area contributed by atoms with E-state index < -0.39 is 54.6 Å². The van der Waals surface area contributed by atoms with E-state index in [1.807, 2.05) is 5.32 Å². The van der Waals surface area contributed by atoms with Crippen LogP contribution in [-0.4, -0.2) is 70.6 Å². The van der Waals surface area contributed by atoms with Gasteiger partial charge in [-0.05, 0) is 6.42 Å². The van der Waals surface area contributed by atoms with Gasteiger partial charge in [0.1, 0.15) is 18.6 Å². The lowest BCUT2D eigenvalue weighted by Gasteiger charge is -2.17. The quantitative estimate of drug-likeness (QED) is 0.252. The van der Waals surface area contributed by atoms with Crippen molar-refractivity contribution in [3.63, 3.8) is 0 Å². The molecule has 0 heterocycles. The predicted molar refractivity (Wildman–Crippen MR) is 84.3 cm³/mol. The molecule has 3 amide bonds. The van der Waals surface area contributed by atoms with Gasteiger partial charge in [-0.15, -0.1) is 0 Å². The van der Waals surface area contributed by atoms with E-state index in [2.05, 4.69) is 5.32 Å². The minimum atomic E-state index is -2.73. The number of rotatable bonds is 10. The van der Waals surface area contributed by atoms with Crippen molar-refractivity contribution >= 4 is 40.8 Å². The van der Waals surface area contributed by atoms with E-state index in [9.17, 15) is 24.0 Å². The highest BCUT2D eigenvalue weighted by molar-refractivity contribution is 8.13. The molecule has 0 saturated heterocycles. The predicted octanol–water partition coefficient (Wildman–Crippen LogP) is -2.06. The maximum atomic E-state index is 12.0. The molecule has 7 N–H and O–H groups in total. The van der Waals surface area contributed by atoms with Crippen LogP contribution >= 0.6 is 11.8 Å². The number of amides is 3. The van der Waals surface area contributed by atoms with Crippen molar-refractivity contribution < 1.29 is 38.3 Å². The van der Waals surface area contributed by atoms with Crippen molar-refractivity contribution in [3.05, 3.63) is 0 Å². The molecule has 0 aromatic heterocycles. The Kier molecular flexibility index (Phi) is 7.73. The molecule has 2 atom stereocenters. The van der Waals surface area contributed by atoms with Gasteiger partial charge in [0, 0.05) is 23.3 Å². The summed E-state index contributed by atoms with van der Waals surface area (Å²) in [5, 5.41) is 22.1. The van der Waals surface area contributed by atoms with Gasteiger partial charge in [0.25, 0.3) is 5.24 Å². The van der Waals surface area contributed by atoms with Crippen LogP contribution in [0.2, 0.25) is 0 Å². The molecule has 0 aliphatic heterocycles. The van der Waals surface area contributed by atoms with E-state index in [4.69, 9.17) is 20.1 Å². The lowest BCUT2D eigenvalue weighted by Crippen LogP contribution is -2.49. The Hall–Kier alpha value is -2.34.